The minimum absolute atomic E-state index is 0.0978. The molecule has 16 heavy (non-hydrogen) atoms. The predicted octanol–water partition coefficient (Wildman–Crippen LogP) is 0.224. The largest absolute Gasteiger partial charge is 0.356 e. The van der Waals surface area contributed by atoms with Crippen LogP contribution < -0.4 is 10.6 Å². The monoisotopic (exact) mass is 221 g/mol. The Bertz CT molecular complexity index is 352. The van der Waals surface area contributed by atoms with Gasteiger partial charge in [0.2, 0.25) is 11.8 Å². The van der Waals surface area contributed by atoms with Crippen molar-refractivity contribution in [2.75, 3.05) is 6.54 Å². The maximum Gasteiger partial charge on any atom is 0.222 e. The first kappa shape index (κ1) is 12.2. The molecule has 2 N–H and O–H groups in total. The quantitative estimate of drug-likeness (QED) is 0.747. The van der Waals surface area contributed by atoms with E-state index < -0.39 is 0 Å². The SMILES string of the molecule is CC(=O)NCCC(=O)NCc1ccccn1. The number of nitrogens with zero attached hydrogens (tertiary/aromatic N) is 1. The van der Waals surface area contributed by atoms with Crippen molar-refractivity contribution in [3.8, 4) is 0 Å². The number of rotatable bonds is 5. The second-order valence-electron chi connectivity index (χ2n) is 3.33. The third-order valence-electron chi connectivity index (χ3n) is 1.92. The van der Waals surface area contributed by atoms with Crippen molar-refractivity contribution in [1.29, 1.82) is 0 Å². The first-order chi connectivity index (χ1) is 7.68. The fraction of sp³-hybridized carbons (Fsp3) is 0.364. The Labute approximate surface area is 94.3 Å². The summed E-state index contributed by atoms with van der Waals surface area (Å²) in [6.45, 7) is 2.20. The summed E-state index contributed by atoms with van der Waals surface area (Å²) in [6, 6.07) is 5.53. The Kier molecular flexibility index (Phi) is 4.98. The fourth-order valence-electron chi connectivity index (χ4n) is 1.13. The molecule has 1 heterocycles. The summed E-state index contributed by atoms with van der Waals surface area (Å²) in [7, 11) is 0. The smallest absolute Gasteiger partial charge is 0.222 e. The standard InChI is InChI=1S/C11H15N3O2/c1-9(15)12-7-5-11(16)14-8-10-4-2-3-6-13-10/h2-4,6H,5,7-8H2,1H3,(H,12,15)(H,14,16). The summed E-state index contributed by atoms with van der Waals surface area (Å²) in [5.41, 5.74) is 0.815. The zero-order valence-electron chi connectivity index (χ0n) is 9.19. The van der Waals surface area contributed by atoms with Gasteiger partial charge in [-0.05, 0) is 12.1 Å². The highest BCUT2D eigenvalue weighted by molar-refractivity contribution is 5.77. The third kappa shape index (κ3) is 5.09. The van der Waals surface area contributed by atoms with Gasteiger partial charge in [-0.1, -0.05) is 6.07 Å². The Morgan fingerprint density at radius 3 is 2.75 bits per heavy atom. The van der Waals surface area contributed by atoms with Crippen LogP contribution in [0.5, 0.6) is 0 Å². The molecule has 0 bridgehead atoms. The first-order valence-electron chi connectivity index (χ1n) is 5.09. The lowest BCUT2D eigenvalue weighted by Gasteiger charge is -2.04. The lowest BCUT2D eigenvalue weighted by atomic mass is 10.3. The Morgan fingerprint density at radius 2 is 2.12 bits per heavy atom. The molecule has 0 aliphatic carbocycles. The van der Waals surface area contributed by atoms with Gasteiger partial charge < -0.3 is 10.6 Å². The Balaban J connectivity index is 2.18. The van der Waals surface area contributed by atoms with Crippen LogP contribution in [-0.2, 0) is 16.1 Å². The maximum absolute atomic E-state index is 11.3. The van der Waals surface area contributed by atoms with Crippen molar-refractivity contribution in [3.05, 3.63) is 30.1 Å². The second kappa shape index (κ2) is 6.55. The van der Waals surface area contributed by atoms with Crippen molar-refractivity contribution in [2.45, 2.75) is 19.9 Å². The van der Waals surface area contributed by atoms with Gasteiger partial charge >= 0.3 is 0 Å². The highest BCUT2D eigenvalue weighted by atomic mass is 16.2. The molecule has 1 aromatic rings. The molecule has 1 rings (SSSR count). The van der Waals surface area contributed by atoms with E-state index in [0.717, 1.165) is 5.69 Å². The highest BCUT2D eigenvalue weighted by Crippen LogP contribution is 1.92. The van der Waals surface area contributed by atoms with Crippen LogP contribution in [0.2, 0.25) is 0 Å². The van der Waals surface area contributed by atoms with Crippen LogP contribution in [0.4, 0.5) is 0 Å². The zero-order chi connectivity index (χ0) is 11.8. The maximum atomic E-state index is 11.3. The van der Waals surface area contributed by atoms with E-state index in [-0.39, 0.29) is 18.2 Å². The minimum Gasteiger partial charge on any atom is -0.356 e. The summed E-state index contributed by atoms with van der Waals surface area (Å²) in [5, 5.41) is 5.28. The molecule has 0 fully saturated rings. The van der Waals surface area contributed by atoms with Crippen molar-refractivity contribution in [2.24, 2.45) is 0 Å². The molecule has 5 heteroatoms. The van der Waals surface area contributed by atoms with Crippen LogP contribution in [0.15, 0.2) is 24.4 Å². The molecular formula is C11H15N3O2. The van der Waals surface area contributed by atoms with Gasteiger partial charge in [0.05, 0.1) is 12.2 Å². The van der Waals surface area contributed by atoms with Gasteiger partial charge in [0.15, 0.2) is 0 Å². The fourth-order valence-corrected chi connectivity index (χ4v) is 1.13. The van der Waals surface area contributed by atoms with E-state index in [4.69, 9.17) is 0 Å². The number of amides is 2. The molecule has 2 amide bonds. The van der Waals surface area contributed by atoms with Gasteiger partial charge in [0, 0.05) is 26.1 Å². The van der Waals surface area contributed by atoms with Crippen molar-refractivity contribution in [1.82, 2.24) is 15.6 Å². The Hall–Kier alpha value is -1.91. The van der Waals surface area contributed by atoms with Gasteiger partial charge in [0.1, 0.15) is 0 Å². The van der Waals surface area contributed by atoms with E-state index in [1.54, 1.807) is 6.20 Å². The van der Waals surface area contributed by atoms with Crippen LogP contribution in [0.1, 0.15) is 19.0 Å². The summed E-state index contributed by atoms with van der Waals surface area (Å²) in [6.07, 6.45) is 1.96. The predicted molar refractivity (Wildman–Crippen MR) is 59.4 cm³/mol. The van der Waals surface area contributed by atoms with Crippen LogP contribution in [0.25, 0.3) is 0 Å². The topological polar surface area (TPSA) is 71.1 Å². The van der Waals surface area contributed by atoms with Crippen molar-refractivity contribution < 1.29 is 9.59 Å². The van der Waals surface area contributed by atoms with Gasteiger partial charge in [-0.15, -0.1) is 0 Å². The Morgan fingerprint density at radius 1 is 1.31 bits per heavy atom. The van der Waals surface area contributed by atoms with Crippen LogP contribution >= 0.6 is 0 Å². The summed E-state index contributed by atoms with van der Waals surface area (Å²) < 4.78 is 0. The molecule has 86 valence electrons. The molecule has 0 atom stereocenters. The number of hydrogen-bond acceptors (Lipinski definition) is 3. The molecule has 0 aliphatic rings. The lowest BCUT2D eigenvalue weighted by Crippen LogP contribution is -2.29. The van der Waals surface area contributed by atoms with Gasteiger partial charge in [-0.3, -0.25) is 14.6 Å². The first-order valence-corrected chi connectivity index (χ1v) is 5.09. The van der Waals surface area contributed by atoms with Gasteiger partial charge in [0.25, 0.3) is 0 Å². The molecule has 5 nitrogen and oxygen atoms in total. The molecule has 0 spiro atoms. The third-order valence-corrected chi connectivity index (χ3v) is 1.92. The van der Waals surface area contributed by atoms with E-state index in [2.05, 4.69) is 15.6 Å². The van der Waals surface area contributed by atoms with Crippen LogP contribution in [-0.4, -0.2) is 23.3 Å². The molecule has 0 saturated heterocycles. The van der Waals surface area contributed by atoms with Gasteiger partial charge in [-0.2, -0.15) is 0 Å². The number of pyridine rings is 1. The molecule has 1 aromatic heterocycles. The van der Waals surface area contributed by atoms with E-state index in [0.29, 0.717) is 13.1 Å². The van der Waals surface area contributed by atoms with Crippen molar-refractivity contribution >= 4 is 11.8 Å². The number of carbonyl (C=O) groups excluding carboxylic acids is 2. The van der Waals surface area contributed by atoms with E-state index >= 15 is 0 Å². The summed E-state index contributed by atoms with van der Waals surface area (Å²) >= 11 is 0. The number of nitrogens with one attached hydrogen (secondary N) is 2. The number of aromatic nitrogens is 1. The molecule has 0 unspecified atom stereocenters. The highest BCUT2D eigenvalue weighted by Gasteiger charge is 2.01. The molecule has 0 saturated carbocycles. The van der Waals surface area contributed by atoms with Crippen LogP contribution in [0, 0.1) is 0 Å². The van der Waals surface area contributed by atoms with E-state index in [1.807, 2.05) is 18.2 Å². The number of carbonyl (C=O) groups is 2. The molecular weight excluding hydrogens is 206 g/mol. The van der Waals surface area contributed by atoms with E-state index in [9.17, 15) is 9.59 Å². The summed E-state index contributed by atoms with van der Waals surface area (Å²) in [4.78, 5) is 25.9. The number of hydrogen-bond donors (Lipinski definition) is 2. The van der Waals surface area contributed by atoms with Crippen LogP contribution in [0.3, 0.4) is 0 Å². The minimum atomic E-state index is -0.127. The average Bonchev–Trinajstić information content (AvgIpc) is 2.27. The molecule has 0 aromatic carbocycles. The van der Waals surface area contributed by atoms with E-state index in [1.165, 1.54) is 6.92 Å². The average molecular weight is 221 g/mol. The summed E-state index contributed by atoms with van der Waals surface area (Å²) in [5.74, 6) is -0.225. The normalized spacial score (nSPS) is 9.56. The molecule has 0 aliphatic heterocycles. The lowest BCUT2D eigenvalue weighted by molar-refractivity contribution is -0.121. The molecule has 0 radical (unpaired) electrons. The van der Waals surface area contributed by atoms with Crippen molar-refractivity contribution in [3.63, 3.8) is 0 Å². The van der Waals surface area contributed by atoms with Gasteiger partial charge in [-0.25, -0.2) is 0 Å². The zero-order valence-corrected chi connectivity index (χ0v) is 9.19. The second-order valence-corrected chi connectivity index (χ2v) is 3.33.